The summed E-state index contributed by atoms with van der Waals surface area (Å²) in [5, 5.41) is 11.8. The predicted octanol–water partition coefficient (Wildman–Crippen LogP) is 2.69. The molecule has 1 aliphatic carbocycles. The number of nitrogens with two attached hydrogens (primary N) is 1. The maximum Gasteiger partial charge on any atom is 0.175 e. The Bertz CT molecular complexity index is 470. The normalized spacial score (nSPS) is 16.8. The van der Waals surface area contributed by atoms with Crippen LogP contribution in [0.4, 0.5) is 10.1 Å². The molecule has 1 aliphatic rings. The van der Waals surface area contributed by atoms with Crippen LogP contribution in [0.1, 0.15) is 38.2 Å². The van der Waals surface area contributed by atoms with Gasteiger partial charge in [0.05, 0.1) is 11.3 Å². The fourth-order valence-corrected chi connectivity index (χ4v) is 2.90. The Balaban J connectivity index is 2.44. The van der Waals surface area contributed by atoms with E-state index >= 15 is 0 Å². The van der Waals surface area contributed by atoms with E-state index in [1.54, 1.807) is 6.07 Å². The van der Waals surface area contributed by atoms with Gasteiger partial charge in [-0.2, -0.15) is 0 Å². The van der Waals surface area contributed by atoms with E-state index in [2.05, 4.69) is 10.1 Å². The summed E-state index contributed by atoms with van der Waals surface area (Å²) in [7, 11) is 0. The maximum absolute atomic E-state index is 14.0. The number of anilines is 1. The summed E-state index contributed by atoms with van der Waals surface area (Å²) in [6, 6.07) is 5.24. The summed E-state index contributed by atoms with van der Waals surface area (Å²) in [5.41, 5.74) is 6.53. The van der Waals surface area contributed by atoms with Gasteiger partial charge in [-0.3, -0.25) is 0 Å². The summed E-state index contributed by atoms with van der Waals surface area (Å²) in [6.07, 6.45) is 4.63. The van der Waals surface area contributed by atoms with Gasteiger partial charge in [-0.05, 0) is 31.9 Å². The quantitative estimate of drug-likeness (QED) is 0.381. The Morgan fingerprint density at radius 1 is 1.47 bits per heavy atom. The first-order valence-corrected chi connectivity index (χ1v) is 6.72. The fraction of sp³-hybridized carbons (Fsp3) is 0.500. The Kier molecular flexibility index (Phi) is 4.24. The molecular weight excluding hydrogens is 245 g/mol. The molecule has 0 spiro atoms. The van der Waals surface area contributed by atoms with Gasteiger partial charge < -0.3 is 15.8 Å². The van der Waals surface area contributed by atoms with Crippen LogP contribution in [0.5, 0.6) is 0 Å². The number of rotatable bonds is 4. The third kappa shape index (κ3) is 2.64. The molecule has 0 unspecified atom stereocenters. The van der Waals surface area contributed by atoms with Crippen molar-refractivity contribution in [2.75, 3.05) is 11.4 Å². The minimum atomic E-state index is -0.454. The van der Waals surface area contributed by atoms with E-state index in [1.165, 1.54) is 18.9 Å². The van der Waals surface area contributed by atoms with Crippen molar-refractivity contribution in [3.8, 4) is 0 Å². The molecule has 0 bridgehead atoms. The molecule has 0 heterocycles. The predicted molar refractivity (Wildman–Crippen MR) is 74.2 cm³/mol. The number of nitrogens with zero attached hydrogens (tertiary/aromatic N) is 2. The van der Waals surface area contributed by atoms with Gasteiger partial charge in [0.15, 0.2) is 5.84 Å². The zero-order chi connectivity index (χ0) is 13.8. The first kappa shape index (κ1) is 13.6. The lowest BCUT2D eigenvalue weighted by molar-refractivity contribution is 0.318. The minimum absolute atomic E-state index is 0.176. The first-order chi connectivity index (χ1) is 9.19. The molecule has 0 radical (unpaired) electrons. The van der Waals surface area contributed by atoms with Crippen LogP contribution >= 0.6 is 0 Å². The molecule has 4 nitrogen and oxygen atoms in total. The number of oxime groups is 1. The Morgan fingerprint density at radius 3 is 2.74 bits per heavy atom. The molecule has 0 aliphatic heterocycles. The van der Waals surface area contributed by atoms with Crippen molar-refractivity contribution in [3.63, 3.8) is 0 Å². The van der Waals surface area contributed by atoms with E-state index in [9.17, 15) is 4.39 Å². The third-order valence-corrected chi connectivity index (χ3v) is 3.77. The second-order valence-corrected chi connectivity index (χ2v) is 4.84. The molecule has 0 atom stereocenters. The van der Waals surface area contributed by atoms with E-state index in [0.717, 1.165) is 19.4 Å². The van der Waals surface area contributed by atoms with Crippen LogP contribution < -0.4 is 10.6 Å². The number of hydrogen-bond acceptors (Lipinski definition) is 3. The molecule has 19 heavy (non-hydrogen) atoms. The van der Waals surface area contributed by atoms with Crippen molar-refractivity contribution < 1.29 is 9.60 Å². The second kappa shape index (κ2) is 5.91. The summed E-state index contributed by atoms with van der Waals surface area (Å²) >= 11 is 0. The monoisotopic (exact) mass is 265 g/mol. The number of amidine groups is 1. The van der Waals surface area contributed by atoms with Crippen molar-refractivity contribution in [3.05, 3.63) is 29.6 Å². The highest BCUT2D eigenvalue weighted by atomic mass is 19.1. The van der Waals surface area contributed by atoms with Gasteiger partial charge in [0.1, 0.15) is 5.82 Å². The van der Waals surface area contributed by atoms with Crippen molar-refractivity contribution >= 4 is 11.5 Å². The molecule has 0 amide bonds. The number of benzene rings is 1. The average molecular weight is 265 g/mol. The van der Waals surface area contributed by atoms with Crippen molar-refractivity contribution in [2.24, 2.45) is 10.9 Å². The highest BCUT2D eigenvalue weighted by molar-refractivity contribution is 6.02. The molecule has 3 N–H and O–H groups in total. The van der Waals surface area contributed by atoms with Gasteiger partial charge in [0.25, 0.3) is 0 Å². The molecular formula is C14H20FN3O. The standard InChI is InChI=1S/C14H20FN3O/c1-2-18(10-6-3-4-7-10)12-9-5-8-11(15)13(12)14(16)17-19/h5,8-10,19H,2-4,6-7H2,1H3,(H2,16,17). The van der Waals surface area contributed by atoms with Gasteiger partial charge in [0, 0.05) is 12.6 Å². The van der Waals surface area contributed by atoms with Crippen molar-refractivity contribution in [1.82, 2.24) is 0 Å². The zero-order valence-corrected chi connectivity index (χ0v) is 11.1. The molecule has 1 fully saturated rings. The van der Waals surface area contributed by atoms with Gasteiger partial charge in [-0.15, -0.1) is 0 Å². The lowest BCUT2D eigenvalue weighted by Gasteiger charge is -2.31. The number of halogens is 1. The summed E-state index contributed by atoms with van der Waals surface area (Å²) < 4.78 is 14.0. The zero-order valence-electron chi connectivity index (χ0n) is 11.1. The summed E-state index contributed by atoms with van der Waals surface area (Å²) in [6.45, 7) is 2.82. The Hall–Kier alpha value is -1.78. The third-order valence-electron chi connectivity index (χ3n) is 3.77. The van der Waals surface area contributed by atoms with Gasteiger partial charge >= 0.3 is 0 Å². The molecule has 5 heteroatoms. The van der Waals surface area contributed by atoms with Crippen LogP contribution in [0.15, 0.2) is 23.4 Å². The largest absolute Gasteiger partial charge is 0.409 e. The van der Waals surface area contributed by atoms with Gasteiger partial charge in [0.2, 0.25) is 0 Å². The molecule has 0 saturated heterocycles. The first-order valence-electron chi connectivity index (χ1n) is 6.72. The van der Waals surface area contributed by atoms with Crippen molar-refractivity contribution in [2.45, 2.75) is 38.6 Å². The van der Waals surface area contributed by atoms with E-state index in [4.69, 9.17) is 10.9 Å². The highest BCUT2D eigenvalue weighted by Crippen LogP contribution is 2.31. The van der Waals surface area contributed by atoms with E-state index in [1.807, 2.05) is 13.0 Å². The second-order valence-electron chi connectivity index (χ2n) is 4.84. The topological polar surface area (TPSA) is 61.8 Å². The average Bonchev–Trinajstić information content (AvgIpc) is 2.93. The van der Waals surface area contributed by atoms with Gasteiger partial charge in [-0.1, -0.05) is 24.1 Å². The molecule has 1 saturated carbocycles. The minimum Gasteiger partial charge on any atom is -0.409 e. The van der Waals surface area contributed by atoms with Crippen LogP contribution in [-0.2, 0) is 0 Å². The number of hydrogen-bond donors (Lipinski definition) is 2. The van der Waals surface area contributed by atoms with E-state index in [-0.39, 0.29) is 11.4 Å². The van der Waals surface area contributed by atoms with Crippen LogP contribution in [0.25, 0.3) is 0 Å². The Labute approximate surface area is 112 Å². The smallest absolute Gasteiger partial charge is 0.175 e. The summed E-state index contributed by atoms with van der Waals surface area (Å²) in [4.78, 5) is 2.16. The molecule has 1 aromatic carbocycles. The maximum atomic E-state index is 14.0. The van der Waals surface area contributed by atoms with Crippen LogP contribution in [0, 0.1) is 5.82 Å². The van der Waals surface area contributed by atoms with Crippen LogP contribution in [0.2, 0.25) is 0 Å². The van der Waals surface area contributed by atoms with Crippen LogP contribution in [-0.4, -0.2) is 23.6 Å². The van der Waals surface area contributed by atoms with Crippen LogP contribution in [0.3, 0.4) is 0 Å². The molecule has 0 aromatic heterocycles. The van der Waals surface area contributed by atoms with Gasteiger partial charge in [-0.25, -0.2) is 4.39 Å². The highest BCUT2D eigenvalue weighted by Gasteiger charge is 2.25. The Morgan fingerprint density at radius 2 is 2.16 bits per heavy atom. The molecule has 2 rings (SSSR count). The van der Waals surface area contributed by atoms with Crippen molar-refractivity contribution in [1.29, 1.82) is 0 Å². The lowest BCUT2D eigenvalue weighted by Crippen LogP contribution is -2.35. The summed E-state index contributed by atoms with van der Waals surface area (Å²) in [5.74, 6) is -0.631. The SMILES string of the molecule is CCN(c1cccc(F)c1C(N)=NO)C1CCCC1. The molecule has 1 aromatic rings. The lowest BCUT2D eigenvalue weighted by atomic mass is 10.1. The molecule has 104 valence electrons. The van der Waals surface area contributed by atoms with E-state index in [0.29, 0.717) is 11.7 Å². The van der Waals surface area contributed by atoms with E-state index < -0.39 is 5.82 Å². The fourth-order valence-electron chi connectivity index (χ4n) is 2.90.